The first-order valence-corrected chi connectivity index (χ1v) is 5.43. The summed E-state index contributed by atoms with van der Waals surface area (Å²) in [5.41, 5.74) is 5.72. The molecule has 1 heterocycles. The molecule has 0 radical (unpaired) electrons. The van der Waals surface area contributed by atoms with Crippen LogP contribution in [0.25, 0.3) is 0 Å². The summed E-state index contributed by atoms with van der Waals surface area (Å²) in [5, 5.41) is 2.93. The van der Waals surface area contributed by atoms with Crippen molar-refractivity contribution in [2.24, 2.45) is 11.7 Å². The molecule has 0 saturated carbocycles. The molecule has 0 aliphatic rings. The number of hydrogen-bond acceptors (Lipinski definition) is 3. The summed E-state index contributed by atoms with van der Waals surface area (Å²) in [6.07, 6.45) is 1.60. The van der Waals surface area contributed by atoms with Gasteiger partial charge in [-0.2, -0.15) is 0 Å². The SMILES string of the molecule is CC(C)C(C)(CN)NC(=O)c1ccccn1. The predicted octanol–water partition coefficient (Wildman–Crippen LogP) is 1.18. The zero-order valence-electron chi connectivity index (χ0n) is 10.0. The number of carbonyl (C=O) groups is 1. The minimum Gasteiger partial charge on any atom is -0.344 e. The lowest BCUT2D eigenvalue weighted by atomic mass is 9.88. The highest BCUT2D eigenvalue weighted by molar-refractivity contribution is 5.92. The molecular formula is C12H19N3O. The summed E-state index contributed by atoms with van der Waals surface area (Å²) in [7, 11) is 0. The van der Waals surface area contributed by atoms with Gasteiger partial charge in [0.1, 0.15) is 5.69 Å². The third kappa shape index (κ3) is 2.79. The lowest BCUT2D eigenvalue weighted by molar-refractivity contribution is 0.0878. The normalized spacial score (nSPS) is 14.6. The van der Waals surface area contributed by atoms with Crippen LogP contribution in [0.1, 0.15) is 31.3 Å². The van der Waals surface area contributed by atoms with Crippen LogP contribution in [-0.2, 0) is 0 Å². The fraction of sp³-hybridized carbons (Fsp3) is 0.500. The van der Waals surface area contributed by atoms with E-state index in [4.69, 9.17) is 5.73 Å². The first kappa shape index (κ1) is 12.6. The Kier molecular flexibility index (Phi) is 4.01. The van der Waals surface area contributed by atoms with Gasteiger partial charge >= 0.3 is 0 Å². The number of amides is 1. The largest absolute Gasteiger partial charge is 0.344 e. The van der Waals surface area contributed by atoms with E-state index in [-0.39, 0.29) is 11.8 Å². The van der Waals surface area contributed by atoms with Gasteiger partial charge in [0.05, 0.1) is 5.54 Å². The molecule has 1 aromatic rings. The van der Waals surface area contributed by atoms with Crippen LogP contribution in [-0.4, -0.2) is 23.0 Å². The molecule has 3 N–H and O–H groups in total. The van der Waals surface area contributed by atoms with Gasteiger partial charge in [0.25, 0.3) is 5.91 Å². The third-order valence-electron chi connectivity index (χ3n) is 2.99. The van der Waals surface area contributed by atoms with E-state index in [1.54, 1.807) is 24.4 Å². The minimum absolute atomic E-state index is 0.178. The summed E-state index contributed by atoms with van der Waals surface area (Å²) < 4.78 is 0. The number of carbonyl (C=O) groups excluding carboxylic acids is 1. The molecule has 88 valence electrons. The highest BCUT2D eigenvalue weighted by atomic mass is 16.2. The van der Waals surface area contributed by atoms with Crippen LogP contribution in [0.3, 0.4) is 0 Å². The molecule has 0 aliphatic carbocycles. The fourth-order valence-corrected chi connectivity index (χ4v) is 1.25. The van der Waals surface area contributed by atoms with Gasteiger partial charge in [0.15, 0.2) is 0 Å². The summed E-state index contributed by atoms with van der Waals surface area (Å²) in [5.74, 6) is 0.0902. The molecule has 16 heavy (non-hydrogen) atoms. The van der Waals surface area contributed by atoms with Crippen molar-refractivity contribution in [1.29, 1.82) is 0 Å². The van der Waals surface area contributed by atoms with E-state index in [2.05, 4.69) is 10.3 Å². The van der Waals surface area contributed by atoms with Crippen LogP contribution in [0.4, 0.5) is 0 Å². The molecule has 1 rings (SSSR count). The second kappa shape index (κ2) is 5.07. The maximum absolute atomic E-state index is 11.9. The Morgan fingerprint density at radius 3 is 2.69 bits per heavy atom. The zero-order chi connectivity index (χ0) is 12.2. The lowest BCUT2D eigenvalue weighted by Gasteiger charge is -2.33. The summed E-state index contributed by atoms with van der Waals surface area (Å²) in [6, 6.07) is 5.25. The first-order chi connectivity index (χ1) is 7.49. The summed E-state index contributed by atoms with van der Waals surface area (Å²) >= 11 is 0. The van der Waals surface area contributed by atoms with Crippen molar-refractivity contribution < 1.29 is 4.79 Å². The van der Waals surface area contributed by atoms with Crippen LogP contribution in [0, 0.1) is 5.92 Å². The molecule has 0 aliphatic heterocycles. The molecule has 1 amide bonds. The van der Waals surface area contributed by atoms with Gasteiger partial charge < -0.3 is 11.1 Å². The molecule has 1 aromatic heterocycles. The van der Waals surface area contributed by atoms with E-state index in [9.17, 15) is 4.79 Å². The predicted molar refractivity (Wildman–Crippen MR) is 64.0 cm³/mol. The Hall–Kier alpha value is -1.42. The minimum atomic E-state index is -0.394. The number of nitrogens with zero attached hydrogens (tertiary/aromatic N) is 1. The van der Waals surface area contributed by atoms with Gasteiger partial charge in [-0.15, -0.1) is 0 Å². The van der Waals surface area contributed by atoms with E-state index < -0.39 is 5.54 Å². The summed E-state index contributed by atoms with van der Waals surface area (Å²) in [4.78, 5) is 15.9. The monoisotopic (exact) mass is 221 g/mol. The maximum Gasteiger partial charge on any atom is 0.270 e. The van der Waals surface area contributed by atoms with Crippen LogP contribution < -0.4 is 11.1 Å². The van der Waals surface area contributed by atoms with E-state index in [0.717, 1.165) is 0 Å². The molecule has 1 unspecified atom stereocenters. The van der Waals surface area contributed by atoms with Gasteiger partial charge in [-0.1, -0.05) is 19.9 Å². The van der Waals surface area contributed by atoms with Crippen molar-refractivity contribution in [3.05, 3.63) is 30.1 Å². The number of hydrogen-bond donors (Lipinski definition) is 2. The van der Waals surface area contributed by atoms with E-state index in [1.165, 1.54) is 0 Å². The Morgan fingerprint density at radius 1 is 1.56 bits per heavy atom. The molecule has 0 spiro atoms. The van der Waals surface area contributed by atoms with Gasteiger partial charge in [0.2, 0.25) is 0 Å². The van der Waals surface area contributed by atoms with Crippen molar-refractivity contribution in [2.75, 3.05) is 6.54 Å². The van der Waals surface area contributed by atoms with Gasteiger partial charge in [0, 0.05) is 12.7 Å². The molecule has 0 fully saturated rings. The molecule has 4 heteroatoms. The Balaban J connectivity index is 2.78. The topological polar surface area (TPSA) is 68.0 Å². The van der Waals surface area contributed by atoms with E-state index >= 15 is 0 Å². The van der Waals surface area contributed by atoms with Crippen LogP contribution in [0.15, 0.2) is 24.4 Å². The van der Waals surface area contributed by atoms with Crippen LogP contribution in [0.5, 0.6) is 0 Å². The van der Waals surface area contributed by atoms with E-state index in [1.807, 2.05) is 20.8 Å². The highest BCUT2D eigenvalue weighted by Crippen LogP contribution is 2.15. The molecule has 0 aromatic carbocycles. The number of nitrogens with two attached hydrogens (primary N) is 1. The number of aromatic nitrogens is 1. The first-order valence-electron chi connectivity index (χ1n) is 5.43. The Bertz CT molecular complexity index is 351. The standard InChI is InChI=1S/C12H19N3O/c1-9(2)12(3,8-13)15-11(16)10-6-4-5-7-14-10/h4-7,9H,8,13H2,1-3H3,(H,15,16). The highest BCUT2D eigenvalue weighted by Gasteiger charge is 2.29. The summed E-state index contributed by atoms with van der Waals surface area (Å²) in [6.45, 7) is 6.42. The van der Waals surface area contributed by atoms with Crippen molar-refractivity contribution in [1.82, 2.24) is 10.3 Å². The Morgan fingerprint density at radius 2 is 2.25 bits per heavy atom. The van der Waals surface area contributed by atoms with Crippen molar-refractivity contribution in [3.63, 3.8) is 0 Å². The number of rotatable bonds is 4. The number of nitrogens with one attached hydrogen (secondary N) is 1. The smallest absolute Gasteiger partial charge is 0.270 e. The van der Waals surface area contributed by atoms with Crippen molar-refractivity contribution in [2.45, 2.75) is 26.3 Å². The third-order valence-corrected chi connectivity index (χ3v) is 2.99. The second-order valence-corrected chi connectivity index (χ2v) is 4.45. The molecule has 0 bridgehead atoms. The van der Waals surface area contributed by atoms with E-state index in [0.29, 0.717) is 12.2 Å². The van der Waals surface area contributed by atoms with Crippen LogP contribution >= 0.6 is 0 Å². The lowest BCUT2D eigenvalue weighted by Crippen LogP contribution is -2.55. The molecule has 0 saturated heterocycles. The average molecular weight is 221 g/mol. The van der Waals surface area contributed by atoms with Gasteiger partial charge in [-0.05, 0) is 25.0 Å². The molecule has 1 atom stereocenters. The fourth-order valence-electron chi connectivity index (χ4n) is 1.25. The molecular weight excluding hydrogens is 202 g/mol. The van der Waals surface area contributed by atoms with Crippen LogP contribution in [0.2, 0.25) is 0 Å². The Labute approximate surface area is 96.3 Å². The molecule has 4 nitrogen and oxygen atoms in total. The van der Waals surface area contributed by atoms with Crippen molar-refractivity contribution >= 4 is 5.91 Å². The average Bonchev–Trinajstić information content (AvgIpc) is 2.29. The second-order valence-electron chi connectivity index (χ2n) is 4.45. The maximum atomic E-state index is 11.9. The number of pyridine rings is 1. The zero-order valence-corrected chi connectivity index (χ0v) is 10.0. The quantitative estimate of drug-likeness (QED) is 0.802. The van der Waals surface area contributed by atoms with Crippen molar-refractivity contribution in [3.8, 4) is 0 Å². The van der Waals surface area contributed by atoms with Gasteiger partial charge in [-0.3, -0.25) is 9.78 Å². The van der Waals surface area contributed by atoms with Gasteiger partial charge in [-0.25, -0.2) is 0 Å².